The normalized spacial score (nSPS) is 13.3. The van der Waals surface area contributed by atoms with E-state index in [1.165, 1.54) is 26.9 Å². The van der Waals surface area contributed by atoms with Gasteiger partial charge in [-0.25, -0.2) is 0 Å². The molecule has 0 saturated carbocycles. The zero-order chi connectivity index (χ0) is 26.9. The molecule has 0 saturated heterocycles. The van der Waals surface area contributed by atoms with Crippen LogP contribution in [-0.2, 0) is 0 Å². The lowest BCUT2D eigenvalue weighted by Gasteiger charge is -2.20. The van der Waals surface area contributed by atoms with Gasteiger partial charge in [-0.05, 0) is 67.7 Å². The van der Waals surface area contributed by atoms with Crippen LogP contribution in [0.3, 0.4) is 0 Å². The van der Waals surface area contributed by atoms with Crippen molar-refractivity contribution in [1.29, 1.82) is 10.8 Å². The van der Waals surface area contributed by atoms with Crippen LogP contribution in [0, 0.1) is 10.8 Å². The number of benzene rings is 5. The lowest BCUT2D eigenvalue weighted by molar-refractivity contribution is 0.415. The maximum atomic E-state index is 8.82. The molecule has 0 spiro atoms. The van der Waals surface area contributed by atoms with E-state index in [1.807, 2.05) is 36.4 Å². The van der Waals surface area contributed by atoms with Crippen molar-refractivity contribution in [1.82, 2.24) is 4.98 Å². The molecule has 0 unspecified atom stereocenters. The van der Waals surface area contributed by atoms with Crippen molar-refractivity contribution in [2.75, 3.05) is 12.8 Å². The molecular weight excluding hydrogens is 480 g/mol. The fourth-order valence-electron chi connectivity index (χ4n) is 5.17. The van der Waals surface area contributed by atoms with Crippen molar-refractivity contribution in [3.05, 3.63) is 127 Å². The standard InChI is InChI=1S/C29H20N2O.C5H6N2/c1-32-21-11-7-17(8-12-21)22-15-16-25(29(31)28(22)30)23-13-9-20-6-5-18-3-2-4-19-10-14-24(23)27(20)26(18)19;6-5-1-3-7-4-2-5/h2-16,30-31H,1H3;1-4H,(H2,6,7). The number of aromatic nitrogens is 1. The average molecular weight is 507 g/mol. The molecule has 0 aliphatic heterocycles. The number of hydrogen-bond acceptors (Lipinski definition) is 5. The van der Waals surface area contributed by atoms with Gasteiger partial charge < -0.3 is 10.5 Å². The Labute approximate surface area is 226 Å². The summed E-state index contributed by atoms with van der Waals surface area (Å²) >= 11 is 0. The van der Waals surface area contributed by atoms with Gasteiger partial charge in [0.15, 0.2) is 0 Å². The zero-order valence-corrected chi connectivity index (χ0v) is 21.4. The number of anilines is 1. The highest BCUT2D eigenvalue weighted by molar-refractivity contribution is 6.68. The predicted molar refractivity (Wildman–Crippen MR) is 163 cm³/mol. The van der Waals surface area contributed by atoms with Crippen LogP contribution in [-0.4, -0.2) is 23.5 Å². The van der Waals surface area contributed by atoms with Crippen LogP contribution in [0.2, 0.25) is 0 Å². The highest BCUT2D eigenvalue weighted by Crippen LogP contribution is 2.39. The molecule has 5 nitrogen and oxygen atoms in total. The van der Waals surface area contributed by atoms with E-state index in [1.54, 1.807) is 31.6 Å². The first-order chi connectivity index (χ1) is 19.0. The average Bonchev–Trinajstić information content (AvgIpc) is 2.98. The summed E-state index contributed by atoms with van der Waals surface area (Å²) in [5.74, 6) is 0.775. The minimum atomic E-state index is 0.235. The van der Waals surface area contributed by atoms with E-state index in [4.69, 9.17) is 21.3 Å². The molecule has 7 rings (SSSR count). The lowest BCUT2D eigenvalue weighted by Crippen LogP contribution is -2.18. The third-order valence-electron chi connectivity index (χ3n) is 7.13. The van der Waals surface area contributed by atoms with Crippen LogP contribution in [0.1, 0.15) is 11.1 Å². The van der Waals surface area contributed by atoms with Gasteiger partial charge in [0.25, 0.3) is 0 Å². The molecule has 1 heterocycles. The Kier molecular flexibility index (Phi) is 6.10. The summed E-state index contributed by atoms with van der Waals surface area (Å²) in [6.07, 6.45) is 7.26. The molecular formula is C34H26N4O. The maximum Gasteiger partial charge on any atom is 0.118 e. The summed E-state index contributed by atoms with van der Waals surface area (Å²) in [7, 11) is 1.64. The fourth-order valence-corrected chi connectivity index (χ4v) is 5.17. The molecule has 0 amide bonds. The first-order valence-corrected chi connectivity index (χ1v) is 12.6. The van der Waals surface area contributed by atoms with E-state index < -0.39 is 0 Å². The van der Waals surface area contributed by atoms with Gasteiger partial charge in [0.2, 0.25) is 0 Å². The zero-order valence-electron chi connectivity index (χ0n) is 21.4. The van der Waals surface area contributed by atoms with Crippen molar-refractivity contribution in [2.45, 2.75) is 0 Å². The van der Waals surface area contributed by atoms with E-state index in [-0.39, 0.29) is 11.4 Å². The highest BCUT2D eigenvalue weighted by atomic mass is 16.5. The summed E-state index contributed by atoms with van der Waals surface area (Å²) < 4.78 is 5.24. The van der Waals surface area contributed by atoms with E-state index in [2.05, 4.69) is 59.6 Å². The molecule has 0 radical (unpaired) electrons. The second-order valence-corrected chi connectivity index (χ2v) is 9.39. The van der Waals surface area contributed by atoms with Crippen molar-refractivity contribution < 1.29 is 4.74 Å². The number of nitrogens with one attached hydrogen (secondary N) is 2. The number of methoxy groups -OCH3 is 1. The van der Waals surface area contributed by atoms with E-state index >= 15 is 0 Å². The third kappa shape index (κ3) is 4.30. The molecule has 6 aromatic rings. The maximum absolute atomic E-state index is 8.82. The molecule has 5 heteroatoms. The second-order valence-electron chi connectivity index (χ2n) is 9.39. The molecule has 0 bridgehead atoms. The molecule has 188 valence electrons. The van der Waals surface area contributed by atoms with Gasteiger partial charge in [0, 0.05) is 29.2 Å². The minimum Gasteiger partial charge on any atom is -0.497 e. The Morgan fingerprint density at radius 2 is 1.23 bits per heavy atom. The van der Waals surface area contributed by atoms with Crippen LogP contribution in [0.5, 0.6) is 5.75 Å². The van der Waals surface area contributed by atoms with Crippen LogP contribution < -0.4 is 10.5 Å². The Balaban J connectivity index is 0.000000346. The highest BCUT2D eigenvalue weighted by Gasteiger charge is 2.23. The monoisotopic (exact) mass is 506 g/mol. The summed E-state index contributed by atoms with van der Waals surface area (Å²) in [6, 6.07) is 30.4. The smallest absolute Gasteiger partial charge is 0.118 e. The van der Waals surface area contributed by atoms with Crippen molar-refractivity contribution >= 4 is 60.6 Å². The van der Waals surface area contributed by atoms with E-state index in [0.29, 0.717) is 0 Å². The van der Waals surface area contributed by atoms with Crippen molar-refractivity contribution in [2.24, 2.45) is 0 Å². The molecule has 0 fully saturated rings. The molecule has 0 atom stereocenters. The molecule has 5 aromatic carbocycles. The van der Waals surface area contributed by atoms with E-state index in [9.17, 15) is 0 Å². The van der Waals surface area contributed by atoms with Gasteiger partial charge in [-0.1, -0.05) is 78.9 Å². The third-order valence-corrected chi connectivity index (χ3v) is 7.13. The van der Waals surface area contributed by atoms with Gasteiger partial charge in [0.1, 0.15) is 5.75 Å². The number of ether oxygens (including phenoxy) is 1. The van der Waals surface area contributed by atoms with Gasteiger partial charge >= 0.3 is 0 Å². The Morgan fingerprint density at radius 1 is 0.641 bits per heavy atom. The van der Waals surface area contributed by atoms with Crippen LogP contribution in [0.4, 0.5) is 5.69 Å². The molecule has 39 heavy (non-hydrogen) atoms. The summed E-state index contributed by atoms with van der Waals surface area (Å²) in [6.45, 7) is 0. The lowest BCUT2D eigenvalue weighted by atomic mass is 9.83. The molecule has 4 N–H and O–H groups in total. The number of nitrogens with two attached hydrogens (primary N) is 1. The van der Waals surface area contributed by atoms with Gasteiger partial charge in [-0.3, -0.25) is 15.8 Å². The van der Waals surface area contributed by atoms with Crippen LogP contribution in [0.25, 0.3) is 43.5 Å². The first-order valence-electron chi connectivity index (χ1n) is 12.6. The topological polar surface area (TPSA) is 95.8 Å². The number of allylic oxidation sites excluding steroid dienone is 4. The summed E-state index contributed by atoms with van der Waals surface area (Å²) in [4.78, 5) is 3.77. The Morgan fingerprint density at radius 3 is 1.87 bits per heavy atom. The quantitative estimate of drug-likeness (QED) is 0.169. The first kappa shape index (κ1) is 24.1. The SMILES string of the molecule is COc1ccc(C2=CC=C(c3ccc4ccc5cccc6ccc3c4c56)C(=N)C2=N)cc1.Nc1ccncc1. The summed E-state index contributed by atoms with van der Waals surface area (Å²) in [5, 5.41) is 24.8. The number of hydrogen-bond donors (Lipinski definition) is 3. The number of pyridine rings is 1. The van der Waals surface area contributed by atoms with Crippen LogP contribution >= 0.6 is 0 Å². The van der Waals surface area contributed by atoms with E-state index in [0.717, 1.165) is 39.1 Å². The van der Waals surface area contributed by atoms with Gasteiger partial charge in [0.05, 0.1) is 18.5 Å². The largest absolute Gasteiger partial charge is 0.497 e. The Hall–Kier alpha value is -5.29. The summed E-state index contributed by atoms with van der Waals surface area (Å²) in [5.41, 5.74) is 9.99. The van der Waals surface area contributed by atoms with Gasteiger partial charge in [-0.2, -0.15) is 0 Å². The Bertz CT molecular complexity index is 1900. The number of nitrogens with zero attached hydrogens (tertiary/aromatic N) is 1. The number of rotatable bonds is 3. The number of nitrogen functional groups attached to an aromatic ring is 1. The van der Waals surface area contributed by atoms with Crippen LogP contribution in [0.15, 0.2) is 116 Å². The molecule has 1 aromatic heterocycles. The predicted octanol–water partition coefficient (Wildman–Crippen LogP) is 7.78. The fraction of sp³-hybridized carbons (Fsp3) is 0.0294. The molecule has 1 aliphatic carbocycles. The van der Waals surface area contributed by atoms with Crippen molar-refractivity contribution in [3.63, 3.8) is 0 Å². The second kappa shape index (κ2) is 9.88. The minimum absolute atomic E-state index is 0.235. The molecule has 1 aliphatic rings. The van der Waals surface area contributed by atoms with Gasteiger partial charge in [-0.15, -0.1) is 0 Å². The van der Waals surface area contributed by atoms with Crippen molar-refractivity contribution in [3.8, 4) is 5.75 Å².